The van der Waals surface area contributed by atoms with Crippen molar-refractivity contribution in [1.82, 2.24) is 10.3 Å². The number of benzene rings is 1. The highest BCUT2D eigenvalue weighted by molar-refractivity contribution is 7.99. The summed E-state index contributed by atoms with van der Waals surface area (Å²) in [6, 6.07) is 6.33. The highest BCUT2D eigenvalue weighted by atomic mass is 35.5. The van der Waals surface area contributed by atoms with Crippen LogP contribution in [0.3, 0.4) is 0 Å². The average molecular weight is 397 g/mol. The average Bonchev–Trinajstić information content (AvgIpc) is 3.06. The number of rotatable bonds is 8. The van der Waals surface area contributed by atoms with Crippen molar-refractivity contribution < 1.29 is 19.1 Å². The Hall–Kier alpha value is -1.99. The molecule has 0 bridgehead atoms. The molecule has 1 heterocycles. The summed E-state index contributed by atoms with van der Waals surface area (Å²) in [5.41, 5.74) is 0.866. The number of carboxylic acids is 1. The second kappa shape index (κ2) is 9.09. The van der Waals surface area contributed by atoms with Crippen molar-refractivity contribution in [2.75, 3.05) is 0 Å². The summed E-state index contributed by atoms with van der Waals surface area (Å²) in [5, 5.41) is 11.9. The van der Waals surface area contributed by atoms with E-state index in [1.54, 1.807) is 39.1 Å². The fraction of sp³-hybridized carbons (Fsp3) is 0.389. The van der Waals surface area contributed by atoms with Crippen LogP contribution in [0.15, 0.2) is 34.9 Å². The second-order valence-electron chi connectivity index (χ2n) is 6.15. The number of aromatic nitrogens is 1. The Bertz CT molecular complexity index is 761. The second-order valence-corrected chi connectivity index (χ2v) is 7.91. The largest absolute Gasteiger partial charge is 0.480 e. The predicted molar refractivity (Wildman–Crippen MR) is 102 cm³/mol. The maximum atomic E-state index is 12.2. The van der Waals surface area contributed by atoms with Crippen LogP contribution in [0.1, 0.15) is 26.7 Å². The number of carbonyl (C=O) groups excluding carboxylic acids is 1. The number of hydrogen-bond donors (Lipinski definition) is 2. The molecule has 2 atom stereocenters. The molecule has 140 valence electrons. The van der Waals surface area contributed by atoms with Crippen LogP contribution in [0.2, 0.25) is 5.02 Å². The van der Waals surface area contributed by atoms with Gasteiger partial charge in [-0.3, -0.25) is 4.79 Å². The lowest BCUT2D eigenvalue weighted by atomic mass is 10.0. The number of nitrogens with one attached hydrogen (secondary N) is 1. The third kappa shape index (κ3) is 5.51. The third-order valence-electron chi connectivity index (χ3n) is 3.74. The molecule has 1 aromatic heterocycles. The van der Waals surface area contributed by atoms with E-state index in [1.165, 1.54) is 11.8 Å². The summed E-state index contributed by atoms with van der Waals surface area (Å²) in [5.74, 6) is -0.0196. The van der Waals surface area contributed by atoms with Crippen molar-refractivity contribution in [2.45, 2.75) is 37.8 Å². The van der Waals surface area contributed by atoms with E-state index in [0.717, 1.165) is 5.56 Å². The Labute approximate surface area is 161 Å². The SMILES string of the molecule is CC(SCc1ncc(-c2ccc(Cl)cc2)o1)C(=O)N[C@H](C(=O)O)C(C)C. The zero-order chi connectivity index (χ0) is 19.3. The molecule has 1 aromatic carbocycles. The Morgan fingerprint density at radius 2 is 1.92 bits per heavy atom. The van der Waals surface area contributed by atoms with Crippen molar-refractivity contribution >= 4 is 35.2 Å². The van der Waals surface area contributed by atoms with Crippen LogP contribution >= 0.6 is 23.4 Å². The molecule has 0 spiro atoms. The minimum Gasteiger partial charge on any atom is -0.480 e. The molecule has 0 aliphatic carbocycles. The van der Waals surface area contributed by atoms with E-state index in [2.05, 4.69) is 10.3 Å². The molecule has 2 N–H and O–H groups in total. The van der Waals surface area contributed by atoms with Crippen LogP contribution in [0.25, 0.3) is 11.3 Å². The van der Waals surface area contributed by atoms with E-state index in [4.69, 9.17) is 21.1 Å². The van der Waals surface area contributed by atoms with Gasteiger partial charge in [0, 0.05) is 10.6 Å². The summed E-state index contributed by atoms with van der Waals surface area (Å²) in [4.78, 5) is 27.6. The number of carbonyl (C=O) groups is 2. The fourth-order valence-electron chi connectivity index (χ4n) is 2.18. The fourth-order valence-corrected chi connectivity index (χ4v) is 3.05. The van der Waals surface area contributed by atoms with Gasteiger partial charge in [0.2, 0.25) is 11.8 Å². The van der Waals surface area contributed by atoms with Gasteiger partial charge in [-0.2, -0.15) is 0 Å². The van der Waals surface area contributed by atoms with Gasteiger partial charge in [0.15, 0.2) is 5.76 Å². The molecule has 0 saturated carbocycles. The van der Waals surface area contributed by atoms with Crippen molar-refractivity contribution in [1.29, 1.82) is 0 Å². The number of oxazole rings is 1. The summed E-state index contributed by atoms with van der Waals surface area (Å²) < 4.78 is 5.70. The first-order chi connectivity index (χ1) is 12.3. The Kier molecular flexibility index (Phi) is 7.11. The number of amides is 1. The number of halogens is 1. The third-order valence-corrected chi connectivity index (χ3v) is 5.12. The van der Waals surface area contributed by atoms with Gasteiger partial charge in [0.25, 0.3) is 0 Å². The minimum absolute atomic E-state index is 0.192. The molecule has 26 heavy (non-hydrogen) atoms. The van der Waals surface area contributed by atoms with Gasteiger partial charge in [0.1, 0.15) is 6.04 Å². The normalized spacial score (nSPS) is 13.4. The quantitative estimate of drug-likeness (QED) is 0.704. The molecule has 2 aromatic rings. The van der Waals surface area contributed by atoms with Gasteiger partial charge in [0.05, 0.1) is 17.2 Å². The van der Waals surface area contributed by atoms with Crippen LogP contribution in [0, 0.1) is 5.92 Å². The van der Waals surface area contributed by atoms with Crippen molar-refractivity contribution in [2.24, 2.45) is 5.92 Å². The molecule has 1 amide bonds. The maximum absolute atomic E-state index is 12.2. The molecule has 0 radical (unpaired) electrons. The Morgan fingerprint density at radius 1 is 1.27 bits per heavy atom. The minimum atomic E-state index is -1.04. The van der Waals surface area contributed by atoms with Gasteiger partial charge in [-0.05, 0) is 37.1 Å². The van der Waals surface area contributed by atoms with Gasteiger partial charge in [-0.25, -0.2) is 9.78 Å². The molecule has 8 heteroatoms. The molecular weight excluding hydrogens is 376 g/mol. The summed E-state index contributed by atoms with van der Waals surface area (Å²) in [6.07, 6.45) is 1.63. The van der Waals surface area contributed by atoms with E-state index in [0.29, 0.717) is 22.4 Å². The number of carboxylic acid groups (broad SMARTS) is 1. The molecule has 0 aliphatic rings. The van der Waals surface area contributed by atoms with E-state index in [-0.39, 0.29) is 11.8 Å². The Balaban J connectivity index is 1.91. The van der Waals surface area contributed by atoms with Crippen molar-refractivity contribution in [3.05, 3.63) is 41.4 Å². The molecule has 0 fully saturated rings. The Morgan fingerprint density at radius 3 is 2.50 bits per heavy atom. The zero-order valence-electron chi connectivity index (χ0n) is 14.7. The summed E-state index contributed by atoms with van der Waals surface area (Å²) >= 11 is 7.20. The van der Waals surface area contributed by atoms with Crippen LogP contribution < -0.4 is 5.32 Å². The highest BCUT2D eigenvalue weighted by Gasteiger charge is 2.26. The summed E-state index contributed by atoms with van der Waals surface area (Å²) in [6.45, 7) is 5.23. The number of nitrogens with zero attached hydrogens (tertiary/aromatic N) is 1. The first-order valence-electron chi connectivity index (χ1n) is 8.13. The lowest BCUT2D eigenvalue weighted by molar-refractivity contribution is -0.143. The molecule has 0 aliphatic heterocycles. The van der Waals surface area contributed by atoms with Crippen molar-refractivity contribution in [3.63, 3.8) is 0 Å². The molecule has 6 nitrogen and oxygen atoms in total. The standard InChI is InChI=1S/C18H21ClN2O4S/c1-10(2)16(18(23)24)21-17(22)11(3)26-9-15-20-8-14(25-15)12-4-6-13(19)7-5-12/h4-8,10-11,16H,9H2,1-3H3,(H,21,22)(H,23,24)/t11?,16-/m0/s1. The number of aliphatic carboxylic acids is 1. The van der Waals surface area contributed by atoms with Crippen molar-refractivity contribution in [3.8, 4) is 11.3 Å². The lowest BCUT2D eigenvalue weighted by Crippen LogP contribution is -2.47. The first-order valence-corrected chi connectivity index (χ1v) is 9.56. The number of thioether (sulfide) groups is 1. The van der Waals surface area contributed by atoms with E-state index >= 15 is 0 Å². The molecular formula is C18H21ClN2O4S. The number of hydrogen-bond acceptors (Lipinski definition) is 5. The smallest absolute Gasteiger partial charge is 0.326 e. The maximum Gasteiger partial charge on any atom is 0.326 e. The topological polar surface area (TPSA) is 92.4 Å². The molecule has 0 saturated heterocycles. The molecule has 2 rings (SSSR count). The zero-order valence-corrected chi connectivity index (χ0v) is 16.3. The van der Waals surface area contributed by atoms with Crippen LogP contribution in [0.4, 0.5) is 0 Å². The van der Waals surface area contributed by atoms with Crippen LogP contribution in [0.5, 0.6) is 0 Å². The van der Waals surface area contributed by atoms with Gasteiger partial charge in [-0.15, -0.1) is 11.8 Å². The monoisotopic (exact) mass is 396 g/mol. The van der Waals surface area contributed by atoms with Crippen LogP contribution in [-0.2, 0) is 15.3 Å². The summed E-state index contributed by atoms with van der Waals surface area (Å²) in [7, 11) is 0. The van der Waals surface area contributed by atoms with Crippen LogP contribution in [-0.4, -0.2) is 33.3 Å². The highest BCUT2D eigenvalue weighted by Crippen LogP contribution is 2.25. The van der Waals surface area contributed by atoms with Gasteiger partial charge < -0.3 is 14.8 Å². The van der Waals surface area contributed by atoms with Gasteiger partial charge >= 0.3 is 5.97 Å². The predicted octanol–water partition coefficient (Wildman–Crippen LogP) is 3.84. The van der Waals surface area contributed by atoms with E-state index in [1.807, 2.05) is 12.1 Å². The molecule has 1 unspecified atom stereocenters. The first kappa shape index (κ1) is 20.3. The van der Waals surface area contributed by atoms with E-state index in [9.17, 15) is 9.59 Å². The van der Waals surface area contributed by atoms with Gasteiger partial charge in [-0.1, -0.05) is 25.4 Å². The lowest BCUT2D eigenvalue weighted by Gasteiger charge is -2.20. The van der Waals surface area contributed by atoms with E-state index < -0.39 is 17.3 Å².